The molecule has 0 saturated heterocycles. The molecule has 5 heteroatoms. The summed E-state index contributed by atoms with van der Waals surface area (Å²) in [6.07, 6.45) is -1.72. The second kappa shape index (κ2) is 6.04. The van der Waals surface area contributed by atoms with Crippen molar-refractivity contribution in [2.24, 2.45) is 0 Å². The Kier molecular flexibility index (Phi) is 6.25. The van der Waals surface area contributed by atoms with Gasteiger partial charge in [-0.25, -0.2) is 0 Å². The lowest BCUT2D eigenvalue weighted by molar-refractivity contribution is -0.156. The summed E-state index contributed by atoms with van der Waals surface area (Å²) in [7, 11) is 0. The van der Waals surface area contributed by atoms with Crippen molar-refractivity contribution < 1.29 is 14.6 Å². The molecule has 0 aliphatic rings. The van der Waals surface area contributed by atoms with Crippen molar-refractivity contribution in [1.29, 1.82) is 0 Å². The predicted octanol–water partition coefficient (Wildman–Crippen LogP) is 1.94. The van der Waals surface area contributed by atoms with Crippen molar-refractivity contribution in [3.8, 4) is 0 Å². The summed E-state index contributed by atoms with van der Waals surface area (Å²) in [5.74, 6) is 0. The highest BCUT2D eigenvalue weighted by atomic mass is 35.5. The highest BCUT2D eigenvalue weighted by Gasteiger charge is 2.41. The van der Waals surface area contributed by atoms with Crippen molar-refractivity contribution in [2.45, 2.75) is 37.5 Å². The van der Waals surface area contributed by atoms with Crippen molar-refractivity contribution in [2.75, 3.05) is 13.2 Å². The van der Waals surface area contributed by atoms with Crippen LogP contribution in [0.2, 0.25) is 0 Å². The van der Waals surface area contributed by atoms with Gasteiger partial charge in [-0.05, 0) is 20.8 Å². The van der Waals surface area contributed by atoms with Crippen LogP contribution in [0, 0.1) is 0 Å². The summed E-state index contributed by atoms with van der Waals surface area (Å²) >= 11 is 11.7. The maximum Gasteiger partial charge on any atom is 0.193 e. The van der Waals surface area contributed by atoms with E-state index in [4.69, 9.17) is 32.7 Å². The molecule has 13 heavy (non-hydrogen) atoms. The van der Waals surface area contributed by atoms with Gasteiger partial charge in [0.1, 0.15) is 0 Å². The Morgan fingerprint density at radius 1 is 1.23 bits per heavy atom. The van der Waals surface area contributed by atoms with Gasteiger partial charge in [0.15, 0.2) is 10.6 Å². The van der Waals surface area contributed by atoms with Crippen LogP contribution in [0.5, 0.6) is 0 Å². The van der Waals surface area contributed by atoms with Gasteiger partial charge >= 0.3 is 0 Å². The number of rotatable bonds is 6. The van der Waals surface area contributed by atoms with E-state index in [1.165, 1.54) is 6.92 Å². The van der Waals surface area contributed by atoms with E-state index >= 15 is 0 Å². The first-order valence-corrected chi connectivity index (χ1v) is 5.01. The van der Waals surface area contributed by atoms with Gasteiger partial charge in [-0.2, -0.15) is 0 Å². The van der Waals surface area contributed by atoms with Crippen LogP contribution < -0.4 is 0 Å². The van der Waals surface area contributed by atoms with Crippen LogP contribution >= 0.6 is 23.2 Å². The quantitative estimate of drug-likeness (QED) is 0.560. The molecule has 0 aliphatic heterocycles. The normalized spacial score (nSPS) is 15.0. The van der Waals surface area contributed by atoms with Gasteiger partial charge in [0.05, 0.1) is 6.10 Å². The Morgan fingerprint density at radius 3 is 1.85 bits per heavy atom. The summed E-state index contributed by atoms with van der Waals surface area (Å²) in [5.41, 5.74) is 0. The molecule has 0 radical (unpaired) electrons. The fourth-order valence-electron chi connectivity index (χ4n) is 0.770. The number of alkyl halides is 2. The smallest absolute Gasteiger partial charge is 0.193 e. The minimum Gasteiger partial charge on any atom is -0.390 e. The number of hydrogen-bond donors (Lipinski definition) is 1. The summed E-state index contributed by atoms with van der Waals surface area (Å²) in [6.45, 7) is 5.96. The van der Waals surface area contributed by atoms with Gasteiger partial charge in [0.2, 0.25) is 0 Å². The Hall–Kier alpha value is 0.460. The molecule has 3 nitrogen and oxygen atoms in total. The van der Waals surface area contributed by atoms with Crippen LogP contribution in [0.4, 0.5) is 0 Å². The zero-order valence-electron chi connectivity index (χ0n) is 8.09. The number of hydrogen-bond acceptors (Lipinski definition) is 3. The molecule has 0 rings (SSSR count). The first kappa shape index (κ1) is 13.5. The molecule has 0 spiro atoms. The van der Waals surface area contributed by atoms with Crippen LogP contribution in [-0.2, 0) is 9.47 Å². The lowest BCUT2D eigenvalue weighted by atomic mass is 10.2. The summed E-state index contributed by atoms with van der Waals surface area (Å²) in [4.78, 5) is 0. The molecular formula is C8H16Cl2O3. The minimum atomic E-state index is -1.42. The van der Waals surface area contributed by atoms with Crippen molar-refractivity contribution in [3.05, 3.63) is 0 Å². The molecule has 0 saturated carbocycles. The van der Waals surface area contributed by atoms with Crippen molar-refractivity contribution in [1.82, 2.24) is 0 Å². The highest BCUT2D eigenvalue weighted by molar-refractivity contribution is 6.49. The first-order valence-electron chi connectivity index (χ1n) is 4.25. The third-order valence-electron chi connectivity index (χ3n) is 1.51. The van der Waals surface area contributed by atoms with Crippen LogP contribution in [-0.4, -0.2) is 35.0 Å². The zero-order chi connectivity index (χ0) is 10.5. The predicted molar refractivity (Wildman–Crippen MR) is 53.2 cm³/mol. The average molecular weight is 231 g/mol. The maximum absolute atomic E-state index is 9.28. The Labute approximate surface area is 88.9 Å². The van der Waals surface area contributed by atoms with E-state index < -0.39 is 16.7 Å². The molecule has 0 aromatic carbocycles. The molecule has 0 amide bonds. The van der Waals surface area contributed by atoms with E-state index in [2.05, 4.69) is 0 Å². The maximum atomic E-state index is 9.28. The molecule has 0 bridgehead atoms. The fraction of sp³-hybridized carbons (Fsp3) is 1.00. The van der Waals surface area contributed by atoms with Gasteiger partial charge < -0.3 is 14.6 Å². The number of aliphatic hydroxyl groups excluding tert-OH is 1. The van der Waals surface area contributed by atoms with Crippen molar-refractivity contribution in [3.63, 3.8) is 0 Å². The van der Waals surface area contributed by atoms with Crippen LogP contribution in [0.1, 0.15) is 20.8 Å². The molecule has 0 aliphatic carbocycles. The summed E-state index contributed by atoms with van der Waals surface area (Å²) in [5, 5.41) is 9.28. The monoisotopic (exact) mass is 230 g/mol. The third-order valence-corrected chi connectivity index (χ3v) is 2.50. The lowest BCUT2D eigenvalue weighted by Crippen LogP contribution is -2.44. The molecule has 0 aromatic heterocycles. The minimum absolute atomic E-state index is 0.429. The molecule has 1 N–H and O–H groups in total. The Balaban J connectivity index is 4.31. The zero-order valence-corrected chi connectivity index (χ0v) is 9.60. The fourth-order valence-corrected chi connectivity index (χ4v) is 1.02. The van der Waals surface area contributed by atoms with Gasteiger partial charge in [0.25, 0.3) is 0 Å². The van der Waals surface area contributed by atoms with E-state index in [1.54, 1.807) is 13.8 Å². The molecular weight excluding hydrogens is 215 g/mol. The summed E-state index contributed by atoms with van der Waals surface area (Å²) in [6, 6.07) is 0. The van der Waals surface area contributed by atoms with Crippen molar-refractivity contribution >= 4 is 23.2 Å². The largest absolute Gasteiger partial charge is 0.390 e. The molecule has 0 heterocycles. The van der Waals surface area contributed by atoms with Crippen LogP contribution in [0.25, 0.3) is 0 Å². The SMILES string of the molecule is CCOC(OCC)C(Cl)(Cl)C(C)O. The van der Waals surface area contributed by atoms with Gasteiger partial charge in [-0.1, -0.05) is 23.2 Å². The number of aliphatic hydroxyl groups is 1. The van der Waals surface area contributed by atoms with E-state index in [9.17, 15) is 5.11 Å². The third kappa shape index (κ3) is 4.00. The van der Waals surface area contributed by atoms with Crippen LogP contribution in [0.15, 0.2) is 0 Å². The first-order chi connectivity index (χ1) is 5.96. The molecule has 1 atom stereocenters. The molecule has 0 aromatic rings. The van der Waals surface area contributed by atoms with E-state index in [1.807, 2.05) is 0 Å². The second-order valence-electron chi connectivity index (χ2n) is 2.59. The summed E-state index contributed by atoms with van der Waals surface area (Å²) < 4.78 is 8.90. The second-order valence-corrected chi connectivity index (χ2v) is 4.04. The topological polar surface area (TPSA) is 38.7 Å². The van der Waals surface area contributed by atoms with E-state index in [0.29, 0.717) is 13.2 Å². The van der Waals surface area contributed by atoms with Gasteiger partial charge in [-0.15, -0.1) is 0 Å². The lowest BCUT2D eigenvalue weighted by Gasteiger charge is -2.31. The Bertz CT molecular complexity index is 133. The highest BCUT2D eigenvalue weighted by Crippen LogP contribution is 2.32. The van der Waals surface area contributed by atoms with E-state index in [0.717, 1.165) is 0 Å². The number of ether oxygens (including phenoxy) is 2. The Morgan fingerprint density at radius 2 is 1.62 bits per heavy atom. The van der Waals surface area contributed by atoms with Gasteiger partial charge in [-0.3, -0.25) is 0 Å². The standard InChI is InChI=1S/C8H16Cl2O3/c1-4-12-7(13-5-2)8(9,10)6(3)11/h6-7,11H,4-5H2,1-3H3. The average Bonchev–Trinajstić information content (AvgIpc) is 2.03. The van der Waals surface area contributed by atoms with Crippen LogP contribution in [0.3, 0.4) is 0 Å². The van der Waals surface area contributed by atoms with Gasteiger partial charge in [0, 0.05) is 13.2 Å². The van der Waals surface area contributed by atoms with E-state index in [-0.39, 0.29) is 0 Å². The number of halogens is 2. The molecule has 0 fully saturated rings. The molecule has 1 unspecified atom stereocenters. The molecule has 80 valence electrons.